The molecule has 0 radical (unpaired) electrons. The molecule has 1 aliphatic heterocycles. The second-order valence-electron chi connectivity index (χ2n) is 7.50. The van der Waals surface area contributed by atoms with Gasteiger partial charge in [-0.15, -0.1) is 6.42 Å². The number of carbonyl (C=O) groups is 2. The van der Waals surface area contributed by atoms with Gasteiger partial charge in [-0.05, 0) is 49.1 Å². The number of Topliss-reactive ketones (excluding diaryl/α,β-unsaturated/α-hetero) is 1. The third-order valence-corrected chi connectivity index (χ3v) is 4.75. The number of ketones is 1. The Morgan fingerprint density at radius 1 is 1.32 bits per heavy atom. The Morgan fingerprint density at radius 2 is 2.11 bits per heavy atom. The fourth-order valence-corrected chi connectivity index (χ4v) is 3.24. The monoisotopic (exact) mass is 376 g/mol. The van der Waals surface area contributed by atoms with E-state index < -0.39 is 5.54 Å². The quantitative estimate of drug-likeness (QED) is 0.787. The van der Waals surface area contributed by atoms with Crippen molar-refractivity contribution < 1.29 is 14.3 Å². The first-order chi connectivity index (χ1) is 13.4. The highest BCUT2D eigenvalue weighted by Gasteiger charge is 2.23. The lowest BCUT2D eigenvalue weighted by molar-refractivity contribution is -0.121. The number of amides is 1. The van der Waals surface area contributed by atoms with Crippen molar-refractivity contribution in [1.29, 1.82) is 0 Å². The Morgan fingerprint density at radius 3 is 2.89 bits per heavy atom. The predicted molar refractivity (Wildman–Crippen MR) is 107 cm³/mol. The van der Waals surface area contributed by atoms with E-state index in [4.69, 9.17) is 11.2 Å². The Kier molecular flexibility index (Phi) is 5.91. The normalized spacial score (nSPS) is 16.0. The van der Waals surface area contributed by atoms with Crippen LogP contribution in [0.4, 0.5) is 0 Å². The van der Waals surface area contributed by atoms with Crippen molar-refractivity contribution in [1.82, 2.24) is 10.3 Å². The van der Waals surface area contributed by atoms with Gasteiger partial charge in [0.15, 0.2) is 0 Å². The molecule has 1 aromatic carbocycles. The molecule has 0 fully saturated rings. The standard InChI is InChI=1S/C23H24N2O3/c1-4-23(2,3)25-22(27)20-14-16(9-11-24-20)13-18(26)15-21-19-8-6-5-7-17(19)10-12-28-21/h1,5-9,11,14,21H,10,12-13,15H2,2-3H3,(H,25,27). The van der Waals surface area contributed by atoms with Gasteiger partial charge in [-0.1, -0.05) is 30.2 Å². The van der Waals surface area contributed by atoms with Gasteiger partial charge in [-0.25, -0.2) is 0 Å². The number of hydrogen-bond acceptors (Lipinski definition) is 4. The Balaban J connectivity index is 1.66. The summed E-state index contributed by atoms with van der Waals surface area (Å²) in [6.07, 6.45) is 8.14. The second kappa shape index (κ2) is 8.37. The molecule has 3 rings (SSSR count). The van der Waals surface area contributed by atoms with Crippen LogP contribution in [0, 0.1) is 12.3 Å². The third-order valence-electron chi connectivity index (χ3n) is 4.75. The molecule has 5 nitrogen and oxygen atoms in total. The van der Waals surface area contributed by atoms with Crippen molar-refractivity contribution in [2.75, 3.05) is 6.61 Å². The van der Waals surface area contributed by atoms with E-state index in [1.807, 2.05) is 18.2 Å². The van der Waals surface area contributed by atoms with Gasteiger partial charge in [-0.2, -0.15) is 0 Å². The Bertz CT molecular complexity index is 927. The lowest BCUT2D eigenvalue weighted by Gasteiger charge is -2.25. The number of nitrogens with one attached hydrogen (secondary N) is 1. The van der Waals surface area contributed by atoms with Crippen LogP contribution in [0.3, 0.4) is 0 Å². The van der Waals surface area contributed by atoms with E-state index in [9.17, 15) is 9.59 Å². The topological polar surface area (TPSA) is 68.3 Å². The van der Waals surface area contributed by atoms with Crippen LogP contribution in [0.25, 0.3) is 0 Å². The number of hydrogen-bond donors (Lipinski definition) is 1. The maximum absolute atomic E-state index is 12.6. The van der Waals surface area contributed by atoms with E-state index in [1.54, 1.807) is 26.0 Å². The van der Waals surface area contributed by atoms with E-state index in [0.717, 1.165) is 17.5 Å². The molecule has 2 heterocycles. The molecule has 28 heavy (non-hydrogen) atoms. The minimum Gasteiger partial charge on any atom is -0.373 e. The number of ether oxygens (including phenoxy) is 1. The molecule has 2 aromatic rings. The number of terminal acetylenes is 1. The molecular weight excluding hydrogens is 352 g/mol. The largest absolute Gasteiger partial charge is 0.373 e. The van der Waals surface area contributed by atoms with Crippen LogP contribution in [0.15, 0.2) is 42.6 Å². The minimum atomic E-state index is -0.768. The molecule has 1 amide bonds. The summed E-state index contributed by atoms with van der Waals surface area (Å²) in [5, 5.41) is 2.74. The molecule has 0 saturated carbocycles. The lowest BCUT2D eigenvalue weighted by atomic mass is 9.93. The maximum Gasteiger partial charge on any atom is 0.271 e. The van der Waals surface area contributed by atoms with Crippen LogP contribution in [0.2, 0.25) is 0 Å². The summed E-state index contributed by atoms with van der Waals surface area (Å²) in [7, 11) is 0. The summed E-state index contributed by atoms with van der Waals surface area (Å²) in [6.45, 7) is 4.10. The lowest BCUT2D eigenvalue weighted by Crippen LogP contribution is -2.42. The summed E-state index contributed by atoms with van der Waals surface area (Å²) in [6, 6.07) is 11.5. The third kappa shape index (κ3) is 4.85. The van der Waals surface area contributed by atoms with Crippen LogP contribution >= 0.6 is 0 Å². The van der Waals surface area contributed by atoms with E-state index in [-0.39, 0.29) is 29.9 Å². The maximum atomic E-state index is 12.6. The number of fused-ring (bicyclic) bond motifs is 1. The van der Waals surface area contributed by atoms with Crippen molar-refractivity contribution in [2.45, 2.75) is 44.8 Å². The van der Waals surface area contributed by atoms with Gasteiger partial charge in [0.25, 0.3) is 5.91 Å². The minimum absolute atomic E-state index is 0.0585. The summed E-state index contributed by atoms with van der Waals surface area (Å²) in [4.78, 5) is 29.1. The number of pyridine rings is 1. The summed E-state index contributed by atoms with van der Waals surface area (Å²) in [5.74, 6) is 2.21. The molecule has 0 aliphatic carbocycles. The van der Waals surface area contributed by atoms with Gasteiger partial charge < -0.3 is 10.1 Å². The van der Waals surface area contributed by atoms with Crippen molar-refractivity contribution in [3.05, 3.63) is 65.0 Å². The molecule has 144 valence electrons. The van der Waals surface area contributed by atoms with Gasteiger partial charge >= 0.3 is 0 Å². The van der Waals surface area contributed by atoms with Crippen molar-refractivity contribution >= 4 is 11.7 Å². The highest BCUT2D eigenvalue weighted by molar-refractivity contribution is 5.93. The number of carbonyl (C=O) groups excluding carboxylic acids is 2. The van der Waals surface area contributed by atoms with Crippen LogP contribution < -0.4 is 5.32 Å². The van der Waals surface area contributed by atoms with Crippen molar-refractivity contribution in [3.63, 3.8) is 0 Å². The Labute approximate surface area is 165 Å². The summed E-state index contributed by atoms with van der Waals surface area (Å²) < 4.78 is 5.83. The van der Waals surface area contributed by atoms with Crippen LogP contribution in [-0.2, 0) is 22.4 Å². The number of rotatable bonds is 6. The molecule has 0 saturated heterocycles. The van der Waals surface area contributed by atoms with Crippen LogP contribution in [0.1, 0.15) is 53.6 Å². The highest BCUT2D eigenvalue weighted by atomic mass is 16.5. The molecule has 0 spiro atoms. The predicted octanol–water partition coefficient (Wildman–Crippen LogP) is 3.04. The van der Waals surface area contributed by atoms with Gasteiger partial charge in [0, 0.05) is 19.0 Å². The molecule has 1 unspecified atom stereocenters. The van der Waals surface area contributed by atoms with Crippen LogP contribution in [-0.4, -0.2) is 28.8 Å². The zero-order valence-electron chi connectivity index (χ0n) is 16.2. The first-order valence-corrected chi connectivity index (χ1v) is 9.34. The number of aromatic nitrogens is 1. The van der Waals surface area contributed by atoms with Gasteiger partial charge in [-0.3, -0.25) is 14.6 Å². The SMILES string of the molecule is C#CC(C)(C)NC(=O)c1cc(CC(=O)CC2OCCc3ccccc32)ccn1. The van der Waals surface area contributed by atoms with Crippen molar-refractivity contribution in [2.24, 2.45) is 0 Å². The number of benzene rings is 1. The van der Waals surface area contributed by atoms with E-state index in [2.05, 4.69) is 22.3 Å². The second-order valence-corrected chi connectivity index (χ2v) is 7.50. The van der Waals surface area contributed by atoms with E-state index in [0.29, 0.717) is 13.0 Å². The van der Waals surface area contributed by atoms with E-state index >= 15 is 0 Å². The first kappa shape index (κ1) is 19.8. The molecule has 1 atom stereocenters. The summed E-state index contributed by atoms with van der Waals surface area (Å²) >= 11 is 0. The summed E-state index contributed by atoms with van der Waals surface area (Å²) in [5.41, 5.74) is 2.55. The molecule has 0 bridgehead atoms. The van der Waals surface area contributed by atoms with Gasteiger partial charge in [0.1, 0.15) is 11.5 Å². The number of nitrogens with zero attached hydrogens (tertiary/aromatic N) is 1. The highest BCUT2D eigenvalue weighted by Crippen LogP contribution is 2.30. The average molecular weight is 376 g/mol. The van der Waals surface area contributed by atoms with E-state index in [1.165, 1.54) is 11.8 Å². The van der Waals surface area contributed by atoms with Crippen molar-refractivity contribution in [3.8, 4) is 12.3 Å². The Hall–Kier alpha value is -2.97. The molecule has 1 N–H and O–H groups in total. The fraction of sp³-hybridized carbons (Fsp3) is 0.348. The molecule has 5 heteroatoms. The van der Waals surface area contributed by atoms with Gasteiger partial charge in [0.05, 0.1) is 18.2 Å². The zero-order valence-corrected chi connectivity index (χ0v) is 16.2. The smallest absolute Gasteiger partial charge is 0.271 e. The van der Waals surface area contributed by atoms with Gasteiger partial charge in [0.2, 0.25) is 0 Å². The van der Waals surface area contributed by atoms with Crippen LogP contribution in [0.5, 0.6) is 0 Å². The molecular formula is C23H24N2O3. The molecule has 1 aliphatic rings. The zero-order chi connectivity index (χ0) is 20.1. The average Bonchev–Trinajstić information content (AvgIpc) is 2.68. The first-order valence-electron chi connectivity index (χ1n) is 9.34. The molecule has 1 aromatic heterocycles. The fourth-order valence-electron chi connectivity index (χ4n) is 3.24.